The van der Waals surface area contributed by atoms with E-state index in [2.05, 4.69) is 0 Å². The van der Waals surface area contributed by atoms with E-state index in [9.17, 15) is 9.90 Å². The van der Waals surface area contributed by atoms with Crippen molar-refractivity contribution >= 4 is 5.97 Å². The zero-order valence-corrected chi connectivity index (χ0v) is 7.32. The second-order valence-corrected chi connectivity index (χ2v) is 3.53. The standard InChI is InChI=1S/C9H11NO3/c1-10-4-6-2-3-9(13,8(11)12)7(6)5-10/h4-5,13H,2-3H2,1H3,(H,11,12). The van der Waals surface area contributed by atoms with Crippen LogP contribution in [0.4, 0.5) is 0 Å². The van der Waals surface area contributed by atoms with E-state index in [1.165, 1.54) is 0 Å². The third kappa shape index (κ3) is 0.986. The quantitative estimate of drug-likeness (QED) is 0.652. The van der Waals surface area contributed by atoms with Crippen molar-refractivity contribution in [3.05, 3.63) is 23.5 Å². The van der Waals surface area contributed by atoms with Crippen molar-refractivity contribution in [1.29, 1.82) is 0 Å². The first kappa shape index (κ1) is 8.31. The fraction of sp³-hybridized carbons (Fsp3) is 0.444. The molecule has 2 rings (SSSR count). The van der Waals surface area contributed by atoms with Gasteiger partial charge in [0, 0.05) is 25.0 Å². The molecule has 0 aromatic carbocycles. The molecule has 13 heavy (non-hydrogen) atoms. The number of fused-ring (bicyclic) bond motifs is 1. The minimum absolute atomic E-state index is 0.286. The SMILES string of the molecule is Cn1cc2c(c1)C(O)(C(=O)O)CC2. The van der Waals surface area contributed by atoms with Crippen LogP contribution in [0.5, 0.6) is 0 Å². The lowest BCUT2D eigenvalue weighted by Crippen LogP contribution is -2.32. The highest BCUT2D eigenvalue weighted by molar-refractivity contribution is 5.80. The molecule has 4 heteroatoms. The molecule has 0 aliphatic heterocycles. The Morgan fingerprint density at radius 2 is 2.31 bits per heavy atom. The van der Waals surface area contributed by atoms with Gasteiger partial charge in [-0.2, -0.15) is 0 Å². The smallest absolute Gasteiger partial charge is 0.340 e. The summed E-state index contributed by atoms with van der Waals surface area (Å²) in [5, 5.41) is 18.7. The van der Waals surface area contributed by atoms with Crippen LogP contribution in [-0.2, 0) is 23.9 Å². The molecule has 1 aromatic rings. The highest BCUT2D eigenvalue weighted by atomic mass is 16.4. The Morgan fingerprint density at radius 1 is 1.62 bits per heavy atom. The monoisotopic (exact) mass is 181 g/mol. The van der Waals surface area contributed by atoms with Gasteiger partial charge in [-0.25, -0.2) is 4.79 Å². The second kappa shape index (κ2) is 2.35. The van der Waals surface area contributed by atoms with E-state index in [0.717, 1.165) is 5.56 Å². The number of hydrogen-bond acceptors (Lipinski definition) is 2. The van der Waals surface area contributed by atoms with Crippen molar-refractivity contribution < 1.29 is 15.0 Å². The predicted molar refractivity (Wildman–Crippen MR) is 45.3 cm³/mol. The van der Waals surface area contributed by atoms with Crippen molar-refractivity contribution in [3.8, 4) is 0 Å². The number of hydrogen-bond donors (Lipinski definition) is 2. The van der Waals surface area contributed by atoms with Crippen molar-refractivity contribution in [2.75, 3.05) is 0 Å². The summed E-state index contributed by atoms with van der Waals surface area (Å²) in [4.78, 5) is 10.8. The van der Waals surface area contributed by atoms with Crippen molar-refractivity contribution in [3.63, 3.8) is 0 Å². The second-order valence-electron chi connectivity index (χ2n) is 3.53. The van der Waals surface area contributed by atoms with Gasteiger partial charge in [-0.05, 0) is 18.4 Å². The molecule has 0 bridgehead atoms. The lowest BCUT2D eigenvalue weighted by atomic mass is 9.99. The van der Waals surface area contributed by atoms with E-state index >= 15 is 0 Å². The Bertz CT molecular complexity index is 369. The summed E-state index contributed by atoms with van der Waals surface area (Å²) < 4.78 is 1.78. The van der Waals surface area contributed by atoms with E-state index < -0.39 is 11.6 Å². The van der Waals surface area contributed by atoms with Crippen molar-refractivity contribution in [2.24, 2.45) is 7.05 Å². The molecule has 1 aliphatic carbocycles. The van der Waals surface area contributed by atoms with Crippen LogP contribution in [0.1, 0.15) is 17.5 Å². The molecule has 0 saturated heterocycles. The Morgan fingerprint density at radius 3 is 2.92 bits per heavy atom. The van der Waals surface area contributed by atoms with E-state index in [-0.39, 0.29) is 6.42 Å². The molecule has 0 spiro atoms. The fourth-order valence-electron chi connectivity index (χ4n) is 1.88. The third-order valence-electron chi connectivity index (χ3n) is 2.59. The van der Waals surface area contributed by atoms with Crippen LogP contribution in [0.3, 0.4) is 0 Å². The number of aryl methyl sites for hydroxylation is 2. The Kier molecular flexibility index (Phi) is 1.51. The van der Waals surface area contributed by atoms with Crippen LogP contribution >= 0.6 is 0 Å². The number of carbonyl (C=O) groups is 1. The minimum atomic E-state index is -1.66. The van der Waals surface area contributed by atoms with E-state index in [4.69, 9.17) is 5.11 Å². The van der Waals surface area contributed by atoms with Gasteiger partial charge in [-0.3, -0.25) is 0 Å². The van der Waals surface area contributed by atoms with E-state index in [1.807, 2.05) is 13.2 Å². The van der Waals surface area contributed by atoms with E-state index in [0.29, 0.717) is 12.0 Å². The fourth-order valence-corrected chi connectivity index (χ4v) is 1.88. The summed E-state index contributed by atoms with van der Waals surface area (Å²) in [5.74, 6) is -1.16. The van der Waals surface area contributed by atoms with Gasteiger partial charge in [0.25, 0.3) is 0 Å². The average Bonchev–Trinajstić information content (AvgIpc) is 2.53. The number of nitrogens with zero attached hydrogens (tertiary/aromatic N) is 1. The molecule has 4 nitrogen and oxygen atoms in total. The first-order valence-corrected chi connectivity index (χ1v) is 4.15. The van der Waals surface area contributed by atoms with Crippen LogP contribution in [0, 0.1) is 0 Å². The summed E-state index contributed by atoms with van der Waals surface area (Å²) in [5.41, 5.74) is -0.175. The van der Waals surface area contributed by atoms with Crippen molar-refractivity contribution in [1.82, 2.24) is 4.57 Å². The number of carboxylic acid groups (broad SMARTS) is 1. The molecule has 0 amide bonds. The maximum Gasteiger partial charge on any atom is 0.340 e. The molecule has 70 valence electrons. The summed E-state index contributed by atoms with van der Waals surface area (Å²) in [6.45, 7) is 0. The van der Waals surface area contributed by atoms with Crippen LogP contribution in [0.2, 0.25) is 0 Å². The van der Waals surface area contributed by atoms with E-state index in [1.54, 1.807) is 10.8 Å². The zero-order chi connectivity index (χ0) is 9.64. The Hall–Kier alpha value is -1.29. The Labute approximate surface area is 75.4 Å². The molecule has 1 aromatic heterocycles. The van der Waals surface area contributed by atoms with Gasteiger partial charge < -0.3 is 14.8 Å². The normalized spacial score (nSPS) is 26.0. The highest BCUT2D eigenvalue weighted by Gasteiger charge is 2.44. The summed E-state index contributed by atoms with van der Waals surface area (Å²) in [6.07, 6.45) is 4.46. The van der Waals surface area contributed by atoms with Crippen LogP contribution in [0.25, 0.3) is 0 Å². The molecule has 2 N–H and O–H groups in total. The topological polar surface area (TPSA) is 62.5 Å². The van der Waals surface area contributed by atoms with Crippen LogP contribution < -0.4 is 0 Å². The van der Waals surface area contributed by atoms with Gasteiger partial charge in [0.2, 0.25) is 0 Å². The number of aliphatic carboxylic acids is 1. The third-order valence-corrected chi connectivity index (χ3v) is 2.59. The molecular weight excluding hydrogens is 170 g/mol. The maximum atomic E-state index is 10.8. The summed E-state index contributed by atoms with van der Waals surface area (Å²) in [7, 11) is 1.82. The summed E-state index contributed by atoms with van der Waals surface area (Å²) >= 11 is 0. The van der Waals surface area contributed by atoms with Crippen molar-refractivity contribution in [2.45, 2.75) is 18.4 Å². The number of aliphatic hydroxyl groups is 1. The van der Waals surface area contributed by atoms with Gasteiger partial charge in [0.1, 0.15) is 0 Å². The lowest BCUT2D eigenvalue weighted by molar-refractivity contribution is -0.159. The van der Waals surface area contributed by atoms with Gasteiger partial charge in [0.15, 0.2) is 5.60 Å². The molecule has 0 radical (unpaired) electrons. The van der Waals surface area contributed by atoms with Gasteiger partial charge >= 0.3 is 5.97 Å². The molecular formula is C9H11NO3. The average molecular weight is 181 g/mol. The first-order chi connectivity index (χ1) is 6.04. The molecule has 1 heterocycles. The highest BCUT2D eigenvalue weighted by Crippen LogP contribution is 2.37. The molecule has 0 fully saturated rings. The van der Waals surface area contributed by atoms with Crippen LogP contribution in [-0.4, -0.2) is 20.7 Å². The van der Waals surface area contributed by atoms with Gasteiger partial charge in [-0.15, -0.1) is 0 Å². The molecule has 0 saturated carbocycles. The number of carboxylic acids is 1. The Balaban J connectivity index is 2.53. The molecule has 1 atom stereocenters. The predicted octanol–water partition coefficient (Wildman–Crippen LogP) is 0.243. The largest absolute Gasteiger partial charge is 0.479 e. The zero-order valence-electron chi connectivity index (χ0n) is 7.32. The number of rotatable bonds is 1. The molecule has 1 aliphatic rings. The first-order valence-electron chi connectivity index (χ1n) is 4.15. The minimum Gasteiger partial charge on any atom is -0.479 e. The number of aromatic nitrogens is 1. The summed E-state index contributed by atoms with van der Waals surface area (Å²) in [6, 6.07) is 0. The molecule has 1 unspecified atom stereocenters. The van der Waals surface area contributed by atoms with Gasteiger partial charge in [0.05, 0.1) is 0 Å². The maximum absolute atomic E-state index is 10.8. The lowest BCUT2D eigenvalue weighted by Gasteiger charge is -2.16. The van der Waals surface area contributed by atoms with Crippen LogP contribution in [0.15, 0.2) is 12.4 Å². The van der Waals surface area contributed by atoms with Gasteiger partial charge in [-0.1, -0.05) is 0 Å².